The fraction of sp³-hybridized carbons (Fsp3) is 0.750. The highest BCUT2D eigenvalue weighted by Crippen LogP contribution is 2.68. The molecule has 39 heavy (non-hydrogen) atoms. The topological polar surface area (TPSA) is 111 Å². The van der Waals surface area contributed by atoms with E-state index in [1.54, 1.807) is 18.3 Å². The lowest BCUT2D eigenvalue weighted by Crippen LogP contribution is -2.58. The first-order valence-corrected chi connectivity index (χ1v) is 15.1. The number of amides is 1. The van der Waals surface area contributed by atoms with E-state index in [0.717, 1.165) is 37.7 Å². The summed E-state index contributed by atoms with van der Waals surface area (Å²) in [5.74, 6) is 3.25. The molecule has 10 unspecified atom stereocenters. The summed E-state index contributed by atoms with van der Waals surface area (Å²) in [7, 11) is 1.49. The van der Waals surface area contributed by atoms with E-state index in [1.807, 2.05) is 0 Å². The van der Waals surface area contributed by atoms with Gasteiger partial charge in [0.1, 0.15) is 0 Å². The number of methoxy groups -OCH3 is 1. The second-order valence-corrected chi connectivity index (χ2v) is 13.7. The number of fused-ring (bicyclic) bond motifs is 5. The second-order valence-electron chi connectivity index (χ2n) is 13.7. The van der Waals surface area contributed by atoms with Crippen molar-refractivity contribution in [1.82, 2.24) is 5.43 Å². The van der Waals surface area contributed by atoms with Gasteiger partial charge in [-0.3, -0.25) is 4.79 Å². The highest BCUT2D eigenvalue weighted by Gasteiger charge is 2.62. The fourth-order valence-electron chi connectivity index (χ4n) is 9.74. The number of ether oxygens (including phenoxy) is 1. The molecule has 0 aromatic heterocycles. The van der Waals surface area contributed by atoms with Crippen LogP contribution >= 0.6 is 0 Å². The number of phenolic OH excluding ortho intramolecular Hbond substituents is 1. The van der Waals surface area contributed by atoms with E-state index in [9.17, 15) is 20.1 Å². The number of phenols is 1. The quantitative estimate of drug-likeness (QED) is 0.279. The average molecular weight is 541 g/mol. The van der Waals surface area contributed by atoms with Crippen LogP contribution in [0.3, 0.4) is 0 Å². The molecule has 0 saturated heterocycles. The molecule has 1 amide bonds. The van der Waals surface area contributed by atoms with Gasteiger partial charge in [0.2, 0.25) is 5.91 Å². The van der Waals surface area contributed by atoms with Crippen LogP contribution in [-0.4, -0.2) is 46.8 Å². The number of hydrazone groups is 1. The zero-order valence-corrected chi connectivity index (χ0v) is 24.1. The molecule has 0 spiro atoms. The average Bonchev–Trinajstić information content (AvgIpc) is 3.26. The van der Waals surface area contributed by atoms with Crippen LogP contribution in [-0.2, 0) is 4.79 Å². The van der Waals surface area contributed by atoms with Crippen LogP contribution in [0.5, 0.6) is 11.5 Å². The molecule has 0 bridgehead atoms. The van der Waals surface area contributed by atoms with Crippen molar-refractivity contribution in [3.63, 3.8) is 0 Å². The predicted molar refractivity (Wildman–Crippen MR) is 151 cm³/mol. The van der Waals surface area contributed by atoms with Gasteiger partial charge in [-0.1, -0.05) is 20.8 Å². The summed E-state index contributed by atoms with van der Waals surface area (Å²) in [5, 5.41) is 35.6. The monoisotopic (exact) mass is 540 g/mol. The standard InChI is InChI=1S/C32H48N2O5/c1-19(5-10-29(38)34-33-18-20-6-9-26(36)28(15-20)39-4)23-7-8-24-30-25(12-14-32(23,24)3)31(2)13-11-22(35)16-21(31)17-27(30)37/h6,9,15,18-19,21-25,27,30,35-37H,5,7-8,10-14,16-17H2,1-4H3,(H,34,38)/b33-18+. The van der Waals surface area contributed by atoms with Gasteiger partial charge in [0, 0.05) is 6.42 Å². The van der Waals surface area contributed by atoms with E-state index >= 15 is 0 Å². The van der Waals surface area contributed by atoms with E-state index in [1.165, 1.54) is 38.9 Å². The number of hydrogen-bond acceptors (Lipinski definition) is 6. The summed E-state index contributed by atoms with van der Waals surface area (Å²) in [4.78, 5) is 12.6. The fourth-order valence-corrected chi connectivity index (χ4v) is 9.74. The Morgan fingerprint density at radius 2 is 1.87 bits per heavy atom. The zero-order valence-electron chi connectivity index (χ0n) is 24.1. The van der Waals surface area contributed by atoms with Crippen molar-refractivity contribution in [3.8, 4) is 11.5 Å². The minimum atomic E-state index is -0.255. The van der Waals surface area contributed by atoms with Crippen molar-refractivity contribution < 1.29 is 24.9 Å². The van der Waals surface area contributed by atoms with Gasteiger partial charge in [0.05, 0.1) is 25.5 Å². The minimum absolute atomic E-state index is 0.0641. The first kappa shape index (κ1) is 28.4. The van der Waals surface area contributed by atoms with E-state index in [4.69, 9.17) is 4.74 Å². The third kappa shape index (κ3) is 5.21. The Morgan fingerprint density at radius 1 is 1.13 bits per heavy atom. The number of aliphatic hydroxyl groups excluding tert-OH is 2. The summed E-state index contributed by atoms with van der Waals surface area (Å²) in [6, 6.07) is 4.92. The normalized spacial score (nSPS) is 40.4. The van der Waals surface area contributed by atoms with Crippen LogP contribution < -0.4 is 10.2 Å². The van der Waals surface area contributed by atoms with Gasteiger partial charge < -0.3 is 20.1 Å². The highest BCUT2D eigenvalue weighted by atomic mass is 16.5. The Balaban J connectivity index is 1.18. The third-order valence-electron chi connectivity index (χ3n) is 11.8. The molecular weight excluding hydrogens is 492 g/mol. The Labute approximate surface area is 233 Å². The van der Waals surface area contributed by atoms with Gasteiger partial charge in [-0.2, -0.15) is 5.10 Å². The predicted octanol–water partition coefficient (Wildman–Crippen LogP) is 5.26. The van der Waals surface area contributed by atoms with Crippen molar-refractivity contribution in [2.24, 2.45) is 51.4 Å². The minimum Gasteiger partial charge on any atom is -0.504 e. The van der Waals surface area contributed by atoms with Gasteiger partial charge in [-0.05, 0) is 128 Å². The van der Waals surface area contributed by atoms with Gasteiger partial charge in [-0.15, -0.1) is 0 Å². The molecule has 1 aromatic carbocycles. The summed E-state index contributed by atoms with van der Waals surface area (Å²) in [5.41, 5.74) is 3.84. The number of aromatic hydroxyl groups is 1. The summed E-state index contributed by atoms with van der Waals surface area (Å²) < 4.78 is 5.12. The molecule has 7 nitrogen and oxygen atoms in total. The molecule has 7 heteroatoms. The van der Waals surface area contributed by atoms with E-state index in [2.05, 4.69) is 31.3 Å². The van der Waals surface area contributed by atoms with Crippen molar-refractivity contribution in [1.29, 1.82) is 0 Å². The molecule has 4 saturated carbocycles. The first-order chi connectivity index (χ1) is 18.6. The molecule has 0 aliphatic heterocycles. The number of carbonyl (C=O) groups excluding carboxylic acids is 1. The maximum atomic E-state index is 12.6. The van der Waals surface area contributed by atoms with Gasteiger partial charge in [-0.25, -0.2) is 5.43 Å². The number of carbonyl (C=O) groups is 1. The molecule has 4 aliphatic rings. The molecule has 4 N–H and O–H groups in total. The maximum Gasteiger partial charge on any atom is 0.240 e. The van der Waals surface area contributed by atoms with Crippen molar-refractivity contribution in [2.75, 3.05) is 7.11 Å². The number of aliphatic hydroxyl groups is 2. The molecule has 0 radical (unpaired) electrons. The van der Waals surface area contributed by atoms with Crippen molar-refractivity contribution in [3.05, 3.63) is 23.8 Å². The van der Waals surface area contributed by atoms with Crippen LogP contribution in [0.1, 0.15) is 90.5 Å². The summed E-state index contributed by atoms with van der Waals surface area (Å²) >= 11 is 0. The van der Waals surface area contributed by atoms with E-state index in [0.29, 0.717) is 47.7 Å². The smallest absolute Gasteiger partial charge is 0.240 e. The van der Waals surface area contributed by atoms with Gasteiger partial charge in [0.15, 0.2) is 11.5 Å². The second kappa shape index (κ2) is 11.0. The van der Waals surface area contributed by atoms with Crippen molar-refractivity contribution in [2.45, 2.75) is 97.2 Å². The lowest BCUT2D eigenvalue weighted by Gasteiger charge is -2.62. The molecule has 10 atom stereocenters. The lowest BCUT2D eigenvalue weighted by atomic mass is 9.43. The van der Waals surface area contributed by atoms with Crippen molar-refractivity contribution >= 4 is 12.1 Å². The molecule has 0 heterocycles. The number of hydrogen-bond donors (Lipinski definition) is 4. The number of rotatable bonds is 7. The first-order valence-electron chi connectivity index (χ1n) is 15.1. The number of nitrogens with zero attached hydrogens (tertiary/aromatic N) is 1. The number of nitrogens with one attached hydrogen (secondary N) is 1. The van der Waals surface area contributed by atoms with Crippen LogP contribution in [0.15, 0.2) is 23.3 Å². The SMILES string of the molecule is COc1cc(/C=N/NC(=O)CCC(C)C2CCC3C4C(O)CC5CC(O)CCC5(C)C4CCC23C)ccc1O. The lowest BCUT2D eigenvalue weighted by molar-refractivity contribution is -0.174. The van der Waals surface area contributed by atoms with E-state index < -0.39 is 0 Å². The van der Waals surface area contributed by atoms with Crippen LogP contribution in [0.4, 0.5) is 0 Å². The highest BCUT2D eigenvalue weighted by molar-refractivity contribution is 5.83. The zero-order chi connectivity index (χ0) is 27.9. The van der Waals surface area contributed by atoms with Crippen LogP contribution in [0.25, 0.3) is 0 Å². The van der Waals surface area contributed by atoms with Gasteiger partial charge in [0.25, 0.3) is 0 Å². The van der Waals surface area contributed by atoms with Gasteiger partial charge >= 0.3 is 0 Å². The molecular formula is C32H48N2O5. The Hall–Kier alpha value is -2.12. The van der Waals surface area contributed by atoms with Crippen LogP contribution in [0, 0.1) is 46.3 Å². The summed E-state index contributed by atoms with van der Waals surface area (Å²) in [6.45, 7) is 7.25. The molecule has 4 aliphatic carbocycles. The van der Waals surface area contributed by atoms with E-state index in [-0.39, 0.29) is 34.7 Å². The Bertz CT molecular complexity index is 1080. The Morgan fingerprint density at radius 3 is 2.64 bits per heavy atom. The molecule has 1 aromatic rings. The third-order valence-corrected chi connectivity index (χ3v) is 11.8. The molecule has 216 valence electrons. The maximum absolute atomic E-state index is 12.6. The largest absolute Gasteiger partial charge is 0.504 e. The Kier molecular flexibility index (Phi) is 8.04. The molecule has 4 fully saturated rings. The number of benzene rings is 1. The molecule has 5 rings (SSSR count). The van der Waals surface area contributed by atoms with Crippen LogP contribution in [0.2, 0.25) is 0 Å². The summed E-state index contributed by atoms with van der Waals surface area (Å²) in [6.07, 6.45) is 10.8.